The lowest BCUT2D eigenvalue weighted by molar-refractivity contribution is -0.137. The normalized spacial score (nSPS) is 20.5. The van der Waals surface area contributed by atoms with Crippen LogP contribution in [0.25, 0.3) is 11.8 Å². The maximum absolute atomic E-state index is 14.2. The fourth-order valence-electron chi connectivity index (χ4n) is 6.05. The van der Waals surface area contributed by atoms with Gasteiger partial charge in [0.1, 0.15) is 16.4 Å². The number of sulfone groups is 1. The molecular formula is C29H25F4N5O3S. The van der Waals surface area contributed by atoms with Crippen molar-refractivity contribution in [2.75, 3.05) is 5.75 Å². The highest BCUT2D eigenvalue weighted by molar-refractivity contribution is 7.91. The Labute approximate surface area is 238 Å². The summed E-state index contributed by atoms with van der Waals surface area (Å²) in [5.41, 5.74) is 0.460. The molecule has 2 aliphatic carbocycles. The van der Waals surface area contributed by atoms with Gasteiger partial charge in [-0.25, -0.2) is 17.5 Å². The molecule has 2 aliphatic rings. The van der Waals surface area contributed by atoms with Crippen molar-refractivity contribution < 1.29 is 30.8 Å². The van der Waals surface area contributed by atoms with Gasteiger partial charge < -0.3 is 0 Å². The van der Waals surface area contributed by atoms with Gasteiger partial charge in [0.05, 0.1) is 40.5 Å². The first-order chi connectivity index (χ1) is 19.9. The van der Waals surface area contributed by atoms with Crippen molar-refractivity contribution in [1.29, 1.82) is 0 Å². The first-order valence-corrected chi connectivity index (χ1v) is 14.8. The lowest BCUT2D eigenvalue weighted by atomic mass is 9.59. The molecule has 42 heavy (non-hydrogen) atoms. The molecule has 0 amide bonds. The number of Topliss-reactive ketones (excluding diaryl/α,β-unsaturated/α-hetero) is 1. The van der Waals surface area contributed by atoms with Gasteiger partial charge in [-0.3, -0.25) is 14.5 Å². The number of aromatic nitrogens is 5. The van der Waals surface area contributed by atoms with Crippen LogP contribution in [0.15, 0.2) is 71.7 Å². The number of allylic oxidation sites excluding steroid dienone is 1. The van der Waals surface area contributed by atoms with Crippen LogP contribution in [0.5, 0.6) is 0 Å². The van der Waals surface area contributed by atoms with Gasteiger partial charge in [-0.05, 0) is 79.6 Å². The third kappa shape index (κ3) is 4.95. The molecule has 1 unspecified atom stereocenters. The minimum absolute atomic E-state index is 0.0858. The molecule has 13 heteroatoms. The molecule has 0 bridgehead atoms. The zero-order valence-corrected chi connectivity index (χ0v) is 23.2. The van der Waals surface area contributed by atoms with E-state index in [0.717, 1.165) is 17.7 Å². The second-order valence-electron chi connectivity index (χ2n) is 10.9. The lowest BCUT2D eigenvalue weighted by Gasteiger charge is -2.44. The van der Waals surface area contributed by atoms with E-state index in [-0.39, 0.29) is 29.2 Å². The highest BCUT2D eigenvalue weighted by atomic mass is 32.2. The van der Waals surface area contributed by atoms with Crippen molar-refractivity contribution in [2.45, 2.75) is 36.8 Å². The van der Waals surface area contributed by atoms with Gasteiger partial charge in [-0.1, -0.05) is 5.57 Å². The number of aryl methyl sites for hydroxylation is 1. The van der Waals surface area contributed by atoms with Crippen molar-refractivity contribution in [3.05, 3.63) is 95.1 Å². The van der Waals surface area contributed by atoms with Crippen LogP contribution in [0.3, 0.4) is 0 Å². The second kappa shape index (κ2) is 10.0. The van der Waals surface area contributed by atoms with Gasteiger partial charge in [0, 0.05) is 19.4 Å². The lowest BCUT2D eigenvalue weighted by Crippen LogP contribution is -2.43. The summed E-state index contributed by atoms with van der Waals surface area (Å²) in [6, 6.07) is 7.70. The Morgan fingerprint density at radius 1 is 1.07 bits per heavy atom. The van der Waals surface area contributed by atoms with E-state index >= 15 is 0 Å². The molecule has 0 spiro atoms. The number of hydrogen-bond acceptors (Lipinski definition) is 6. The minimum Gasteiger partial charge on any atom is -0.291 e. The molecule has 1 saturated carbocycles. The van der Waals surface area contributed by atoms with Crippen LogP contribution in [0.4, 0.5) is 17.6 Å². The summed E-state index contributed by atoms with van der Waals surface area (Å²) in [4.78, 5) is 18.2. The summed E-state index contributed by atoms with van der Waals surface area (Å²) in [6.45, 7) is 0. The number of benzene rings is 1. The summed E-state index contributed by atoms with van der Waals surface area (Å²) < 4.78 is 82.6. The maximum atomic E-state index is 14.2. The second-order valence-corrected chi connectivity index (χ2v) is 12.9. The Hall–Kier alpha value is -4.13. The van der Waals surface area contributed by atoms with E-state index in [9.17, 15) is 30.8 Å². The Bertz CT molecular complexity index is 1810. The van der Waals surface area contributed by atoms with E-state index in [1.165, 1.54) is 29.2 Å². The molecule has 1 fully saturated rings. The van der Waals surface area contributed by atoms with Gasteiger partial charge in [0.2, 0.25) is 0 Å². The number of carbonyl (C=O) groups excluding carboxylic acids is 1. The number of hydrogen-bond donors (Lipinski definition) is 0. The van der Waals surface area contributed by atoms with E-state index in [0.29, 0.717) is 36.0 Å². The van der Waals surface area contributed by atoms with E-state index in [2.05, 4.69) is 15.2 Å². The molecule has 8 nitrogen and oxygen atoms in total. The van der Waals surface area contributed by atoms with Crippen molar-refractivity contribution in [3.8, 4) is 5.69 Å². The standard InChI is InChI=1S/C29H25F4N5O3S/c1-37-16-24(15-35-37)42(40,41)17-18-2-3-20-10-26-19(13-36-38(26)23-7-5-22(30)6-8-23)12-28(20,11-18)27(39)25-9-4-21(14-34-25)29(31,32)33/h4-10,13-16,18H,2-3,11-12,17H2,1H3/t18?,28-/m1/s1. The number of halogens is 4. The van der Waals surface area contributed by atoms with Crippen LogP contribution in [-0.2, 0) is 29.5 Å². The Morgan fingerprint density at radius 3 is 2.48 bits per heavy atom. The Balaban J connectivity index is 1.39. The summed E-state index contributed by atoms with van der Waals surface area (Å²) in [7, 11) is -2.10. The molecule has 0 radical (unpaired) electrons. The SMILES string of the molecule is Cn1cc(S(=O)(=O)CC2CCC3=Cc4c(cnn4-c4ccc(F)cc4)C[C@]3(C(=O)c3ccc(C(F)(F)F)cn3)C2)cn1. The molecule has 3 heterocycles. The molecule has 0 aliphatic heterocycles. The summed E-state index contributed by atoms with van der Waals surface area (Å²) in [5.74, 6) is -1.47. The number of rotatable bonds is 6. The van der Waals surface area contributed by atoms with Crippen LogP contribution in [-0.4, -0.2) is 44.5 Å². The highest BCUT2D eigenvalue weighted by Gasteiger charge is 2.50. The highest BCUT2D eigenvalue weighted by Crippen LogP contribution is 2.52. The molecule has 218 valence electrons. The molecule has 3 aromatic heterocycles. The smallest absolute Gasteiger partial charge is 0.291 e. The number of carbonyl (C=O) groups is 1. The van der Waals surface area contributed by atoms with E-state index in [4.69, 9.17) is 0 Å². The van der Waals surface area contributed by atoms with Crippen LogP contribution >= 0.6 is 0 Å². The number of nitrogens with zero attached hydrogens (tertiary/aromatic N) is 5. The molecule has 4 aromatic rings. The van der Waals surface area contributed by atoms with Crippen LogP contribution < -0.4 is 0 Å². The first-order valence-electron chi connectivity index (χ1n) is 13.2. The van der Waals surface area contributed by atoms with Crippen molar-refractivity contribution in [2.24, 2.45) is 18.4 Å². The van der Waals surface area contributed by atoms with E-state index in [1.807, 2.05) is 6.08 Å². The summed E-state index contributed by atoms with van der Waals surface area (Å²) >= 11 is 0. The average Bonchev–Trinajstić information content (AvgIpc) is 3.57. The predicted molar refractivity (Wildman–Crippen MR) is 144 cm³/mol. The monoisotopic (exact) mass is 599 g/mol. The van der Waals surface area contributed by atoms with Gasteiger partial charge in [-0.15, -0.1) is 0 Å². The largest absolute Gasteiger partial charge is 0.417 e. The van der Waals surface area contributed by atoms with Gasteiger partial charge >= 0.3 is 6.18 Å². The molecular weight excluding hydrogens is 574 g/mol. The molecule has 2 atom stereocenters. The van der Waals surface area contributed by atoms with Gasteiger partial charge in [0.25, 0.3) is 0 Å². The number of fused-ring (bicyclic) bond motifs is 2. The number of alkyl halides is 3. The fourth-order valence-corrected chi connectivity index (χ4v) is 7.67. The van der Waals surface area contributed by atoms with Crippen molar-refractivity contribution >= 4 is 21.7 Å². The maximum Gasteiger partial charge on any atom is 0.417 e. The van der Waals surface area contributed by atoms with Crippen LogP contribution in [0, 0.1) is 17.2 Å². The molecule has 6 rings (SSSR count). The Morgan fingerprint density at radius 2 is 1.83 bits per heavy atom. The zero-order valence-electron chi connectivity index (χ0n) is 22.3. The average molecular weight is 600 g/mol. The van der Waals surface area contributed by atoms with E-state index in [1.54, 1.807) is 30.1 Å². The number of pyridine rings is 1. The molecule has 1 aromatic carbocycles. The minimum atomic E-state index is -4.61. The van der Waals surface area contributed by atoms with Gasteiger partial charge in [-0.2, -0.15) is 23.4 Å². The predicted octanol–water partition coefficient (Wildman–Crippen LogP) is 5.24. The molecule has 0 N–H and O–H groups in total. The van der Waals surface area contributed by atoms with Crippen molar-refractivity contribution in [3.63, 3.8) is 0 Å². The molecule has 0 saturated heterocycles. The topological polar surface area (TPSA) is 99.7 Å². The third-order valence-electron chi connectivity index (χ3n) is 8.09. The number of ketones is 1. The van der Waals surface area contributed by atoms with Crippen molar-refractivity contribution in [1.82, 2.24) is 24.5 Å². The Kier molecular flexibility index (Phi) is 6.67. The first kappa shape index (κ1) is 28.0. The summed E-state index contributed by atoms with van der Waals surface area (Å²) in [6.07, 6.45) is 3.42. The fraction of sp³-hybridized carbons (Fsp3) is 0.310. The third-order valence-corrected chi connectivity index (χ3v) is 9.93. The van der Waals surface area contributed by atoms with E-state index < -0.39 is 44.5 Å². The van der Waals surface area contributed by atoms with Crippen LogP contribution in [0.2, 0.25) is 0 Å². The van der Waals surface area contributed by atoms with Crippen LogP contribution in [0.1, 0.15) is 46.6 Å². The quantitative estimate of drug-likeness (QED) is 0.222. The zero-order chi connectivity index (χ0) is 29.9. The van der Waals surface area contributed by atoms with Gasteiger partial charge in [0.15, 0.2) is 15.6 Å². The summed E-state index contributed by atoms with van der Waals surface area (Å²) in [5, 5.41) is 8.43.